The van der Waals surface area contributed by atoms with E-state index in [1.165, 1.54) is 35.1 Å². The average Bonchev–Trinajstić information content (AvgIpc) is 3.27. The van der Waals surface area contributed by atoms with Crippen LogP contribution < -0.4 is 10.2 Å². The van der Waals surface area contributed by atoms with Crippen LogP contribution in [0.25, 0.3) is 15.9 Å². The predicted octanol–water partition coefficient (Wildman–Crippen LogP) is 1.11. The minimum absolute atomic E-state index is 0.582. The quantitative estimate of drug-likeness (QED) is 0.717. The molecule has 3 aromatic heterocycles. The van der Waals surface area contributed by atoms with Crippen molar-refractivity contribution < 1.29 is 9.64 Å². The van der Waals surface area contributed by atoms with Gasteiger partial charge in [-0.25, -0.2) is 9.97 Å². The molecule has 1 saturated heterocycles. The third kappa shape index (κ3) is 2.76. The first-order chi connectivity index (χ1) is 12.8. The molecule has 26 heavy (non-hydrogen) atoms. The number of nitrogens with zero attached hydrogens (tertiary/aromatic N) is 4. The normalized spacial score (nSPS) is 21.3. The lowest BCUT2D eigenvalue weighted by molar-refractivity contribution is -0.906. The van der Waals surface area contributed by atoms with Crippen molar-refractivity contribution in [1.29, 1.82) is 0 Å². The van der Waals surface area contributed by atoms with E-state index in [0.29, 0.717) is 5.92 Å². The Kier molecular flexibility index (Phi) is 4.26. The third-order valence-corrected chi connectivity index (χ3v) is 6.84. The molecular weight excluding hydrogens is 348 g/mol. The highest BCUT2D eigenvalue weighted by molar-refractivity contribution is 7.19. The molecule has 0 radical (unpaired) electrons. The lowest BCUT2D eigenvalue weighted by Gasteiger charge is -2.23. The number of hydrogen-bond acceptors (Lipinski definition) is 6. The van der Waals surface area contributed by atoms with Crippen LogP contribution in [0.5, 0.6) is 0 Å². The van der Waals surface area contributed by atoms with Crippen molar-refractivity contribution in [2.24, 2.45) is 0 Å². The molecule has 3 aromatic rings. The number of ether oxygens (including phenoxy) is 1. The van der Waals surface area contributed by atoms with Crippen molar-refractivity contribution in [3.63, 3.8) is 0 Å². The van der Waals surface area contributed by atoms with Crippen LogP contribution >= 0.6 is 11.3 Å². The zero-order valence-electron chi connectivity index (χ0n) is 15.1. The minimum Gasteiger partial charge on any atom is -0.370 e. The Morgan fingerprint density at radius 2 is 2.27 bits per heavy atom. The second kappa shape index (κ2) is 6.75. The van der Waals surface area contributed by atoms with E-state index in [0.717, 1.165) is 55.8 Å². The SMILES string of the molecule is C[C@H]1CCCc2sc3nc(NCC[NH+]4CCOCC4)n4ncnc4c3c21. The highest BCUT2D eigenvalue weighted by atomic mass is 32.1. The van der Waals surface area contributed by atoms with Gasteiger partial charge in [-0.15, -0.1) is 11.3 Å². The number of thiophene rings is 1. The van der Waals surface area contributed by atoms with Crippen molar-refractivity contribution in [2.75, 3.05) is 44.7 Å². The largest absolute Gasteiger partial charge is 0.370 e. The van der Waals surface area contributed by atoms with E-state index in [2.05, 4.69) is 22.3 Å². The van der Waals surface area contributed by atoms with Crippen LogP contribution in [0.15, 0.2) is 6.33 Å². The standard InChI is InChI=1S/C18H24N6OS/c1-12-3-2-4-13-14(12)15-16-20-11-21-24(16)18(22-17(15)26-13)19-5-6-23-7-9-25-10-8-23/h11-12H,2-10H2,1H3,(H,19,22)/p+1/t12-/m0/s1. The van der Waals surface area contributed by atoms with Gasteiger partial charge in [0.15, 0.2) is 5.65 Å². The Morgan fingerprint density at radius 3 is 3.15 bits per heavy atom. The molecule has 7 nitrogen and oxygen atoms in total. The molecular formula is C18H25N6OS+. The van der Waals surface area contributed by atoms with Gasteiger partial charge in [-0.05, 0) is 30.7 Å². The molecule has 1 atom stereocenters. The van der Waals surface area contributed by atoms with Crippen LogP contribution in [0.2, 0.25) is 0 Å². The maximum atomic E-state index is 5.43. The molecule has 2 N–H and O–H groups in total. The number of aryl methyl sites for hydroxylation is 1. The first-order valence-corrected chi connectivity index (χ1v) is 10.4. The van der Waals surface area contributed by atoms with Crippen molar-refractivity contribution in [2.45, 2.75) is 32.1 Å². The molecule has 5 rings (SSSR count). The molecule has 1 aliphatic heterocycles. The van der Waals surface area contributed by atoms with Gasteiger partial charge in [-0.1, -0.05) is 6.92 Å². The van der Waals surface area contributed by atoms with Gasteiger partial charge < -0.3 is 15.0 Å². The van der Waals surface area contributed by atoms with Crippen LogP contribution in [-0.4, -0.2) is 59.0 Å². The highest BCUT2D eigenvalue weighted by Gasteiger charge is 2.26. The van der Waals surface area contributed by atoms with E-state index in [1.54, 1.807) is 11.2 Å². The Morgan fingerprint density at radius 1 is 1.38 bits per heavy atom. The van der Waals surface area contributed by atoms with E-state index >= 15 is 0 Å². The van der Waals surface area contributed by atoms with E-state index in [9.17, 15) is 0 Å². The van der Waals surface area contributed by atoms with Crippen molar-refractivity contribution in [1.82, 2.24) is 19.6 Å². The van der Waals surface area contributed by atoms with Gasteiger partial charge >= 0.3 is 0 Å². The fourth-order valence-electron chi connectivity index (χ4n) is 4.28. The molecule has 0 aromatic carbocycles. The van der Waals surface area contributed by atoms with E-state index in [-0.39, 0.29) is 0 Å². The Labute approximate surface area is 156 Å². The van der Waals surface area contributed by atoms with Gasteiger partial charge in [0.25, 0.3) is 0 Å². The van der Waals surface area contributed by atoms with Crippen LogP contribution in [0.4, 0.5) is 5.95 Å². The fourth-order valence-corrected chi connectivity index (χ4v) is 5.61. The zero-order chi connectivity index (χ0) is 17.5. The summed E-state index contributed by atoms with van der Waals surface area (Å²) >= 11 is 1.84. The summed E-state index contributed by atoms with van der Waals surface area (Å²) in [5.74, 6) is 1.39. The summed E-state index contributed by atoms with van der Waals surface area (Å²) in [5.41, 5.74) is 2.41. The van der Waals surface area contributed by atoms with E-state index in [4.69, 9.17) is 9.72 Å². The number of anilines is 1. The molecule has 4 heterocycles. The van der Waals surface area contributed by atoms with Crippen LogP contribution in [0.1, 0.15) is 36.1 Å². The van der Waals surface area contributed by atoms with Crippen molar-refractivity contribution in [3.05, 3.63) is 16.8 Å². The molecule has 1 aliphatic carbocycles. The Balaban J connectivity index is 1.47. The van der Waals surface area contributed by atoms with Gasteiger partial charge in [-0.3, -0.25) is 0 Å². The second-order valence-corrected chi connectivity index (χ2v) is 8.47. The van der Waals surface area contributed by atoms with Gasteiger partial charge in [0.1, 0.15) is 24.2 Å². The van der Waals surface area contributed by atoms with Crippen molar-refractivity contribution in [3.8, 4) is 0 Å². The number of quaternary nitrogens is 1. The number of hydrogen-bond donors (Lipinski definition) is 2. The summed E-state index contributed by atoms with van der Waals surface area (Å²) < 4.78 is 7.31. The summed E-state index contributed by atoms with van der Waals surface area (Å²) in [6, 6.07) is 0. The van der Waals surface area contributed by atoms with E-state index in [1.807, 2.05) is 15.9 Å². The molecule has 1 fully saturated rings. The second-order valence-electron chi connectivity index (χ2n) is 7.38. The molecule has 0 bridgehead atoms. The lowest BCUT2D eigenvalue weighted by atomic mass is 9.87. The Hall–Kier alpha value is -1.77. The molecule has 0 saturated carbocycles. The van der Waals surface area contributed by atoms with Crippen molar-refractivity contribution >= 4 is 33.1 Å². The number of morpholine rings is 1. The summed E-state index contributed by atoms with van der Waals surface area (Å²) in [6.45, 7) is 8.18. The molecule has 8 heteroatoms. The number of nitrogens with one attached hydrogen (secondary N) is 2. The van der Waals surface area contributed by atoms with Crippen LogP contribution in [-0.2, 0) is 11.2 Å². The number of rotatable bonds is 4. The third-order valence-electron chi connectivity index (χ3n) is 5.68. The van der Waals surface area contributed by atoms with Gasteiger partial charge in [-0.2, -0.15) is 9.61 Å². The number of aromatic nitrogens is 4. The topological polar surface area (TPSA) is 68.8 Å². The monoisotopic (exact) mass is 373 g/mol. The maximum absolute atomic E-state index is 5.43. The zero-order valence-corrected chi connectivity index (χ0v) is 15.9. The summed E-state index contributed by atoms with van der Waals surface area (Å²) in [5, 5.41) is 9.17. The summed E-state index contributed by atoms with van der Waals surface area (Å²) in [7, 11) is 0. The maximum Gasteiger partial charge on any atom is 0.227 e. The smallest absolute Gasteiger partial charge is 0.227 e. The van der Waals surface area contributed by atoms with E-state index < -0.39 is 0 Å². The van der Waals surface area contributed by atoms with Gasteiger partial charge in [0.2, 0.25) is 5.95 Å². The van der Waals surface area contributed by atoms with Crippen LogP contribution in [0.3, 0.4) is 0 Å². The van der Waals surface area contributed by atoms with Crippen LogP contribution in [0, 0.1) is 0 Å². The lowest BCUT2D eigenvalue weighted by Crippen LogP contribution is -3.14. The molecule has 0 spiro atoms. The molecule has 0 amide bonds. The number of fused-ring (bicyclic) bond motifs is 5. The fraction of sp³-hybridized carbons (Fsp3) is 0.611. The highest BCUT2D eigenvalue weighted by Crippen LogP contribution is 2.43. The van der Waals surface area contributed by atoms with Gasteiger partial charge in [0.05, 0.1) is 31.7 Å². The molecule has 138 valence electrons. The molecule has 0 unspecified atom stereocenters. The predicted molar refractivity (Wildman–Crippen MR) is 102 cm³/mol. The average molecular weight is 374 g/mol. The summed E-state index contributed by atoms with van der Waals surface area (Å²) in [4.78, 5) is 13.7. The minimum atomic E-state index is 0.582. The first kappa shape index (κ1) is 16.4. The first-order valence-electron chi connectivity index (χ1n) is 9.61. The summed E-state index contributed by atoms with van der Waals surface area (Å²) in [6.07, 6.45) is 5.34. The Bertz CT molecular complexity index is 929. The van der Waals surface area contributed by atoms with Gasteiger partial charge in [0, 0.05) is 4.88 Å². The molecule has 2 aliphatic rings.